The van der Waals surface area contributed by atoms with Crippen LogP contribution in [0.15, 0.2) is 91.1 Å². The summed E-state index contributed by atoms with van der Waals surface area (Å²) in [6, 6.07) is 28.1. The Labute approximate surface area is 174 Å². The molecule has 0 bridgehead atoms. The maximum absolute atomic E-state index is 13.1. The predicted molar refractivity (Wildman–Crippen MR) is 115 cm³/mol. The van der Waals surface area contributed by atoms with E-state index in [4.69, 9.17) is 10.00 Å². The van der Waals surface area contributed by atoms with Crippen molar-refractivity contribution in [1.29, 1.82) is 5.26 Å². The van der Waals surface area contributed by atoms with E-state index in [9.17, 15) is 4.79 Å². The van der Waals surface area contributed by atoms with Crippen LogP contribution in [0.1, 0.15) is 10.4 Å². The third kappa shape index (κ3) is 4.21. The summed E-state index contributed by atoms with van der Waals surface area (Å²) in [4.78, 5) is 13.1. The number of aromatic nitrogens is 2. The van der Waals surface area contributed by atoms with Crippen LogP contribution >= 0.6 is 0 Å². The van der Waals surface area contributed by atoms with Gasteiger partial charge in [-0.05, 0) is 36.4 Å². The Morgan fingerprint density at radius 1 is 0.967 bits per heavy atom. The minimum Gasteiger partial charge on any atom is -0.479 e. The van der Waals surface area contributed by atoms with Gasteiger partial charge in [0, 0.05) is 17.4 Å². The number of para-hydroxylation sites is 1. The highest BCUT2D eigenvalue weighted by molar-refractivity contribution is 6.08. The average Bonchev–Trinajstić information content (AvgIpc) is 3.26. The summed E-state index contributed by atoms with van der Waals surface area (Å²) in [6.07, 6.45) is 1.73. The van der Waals surface area contributed by atoms with Crippen molar-refractivity contribution < 1.29 is 9.53 Å². The summed E-state index contributed by atoms with van der Waals surface area (Å²) in [5.74, 6) is 0.304. The lowest BCUT2D eigenvalue weighted by molar-refractivity contribution is 0.102. The fourth-order valence-electron chi connectivity index (χ4n) is 3.01. The lowest BCUT2D eigenvalue weighted by Crippen LogP contribution is -2.12. The molecule has 0 saturated heterocycles. The molecule has 30 heavy (non-hydrogen) atoms. The third-order valence-corrected chi connectivity index (χ3v) is 4.44. The first kappa shape index (κ1) is 19.0. The molecule has 4 rings (SSSR count). The molecule has 146 valence electrons. The SMILES string of the molecule is N#CCOc1ccc(NC(=O)c2cn(-c3ccccc3)nc2-c2ccccc2)cc1. The Hall–Kier alpha value is -4.37. The lowest BCUT2D eigenvalue weighted by Gasteiger charge is -2.07. The molecular weight excluding hydrogens is 376 g/mol. The van der Waals surface area contributed by atoms with Crippen molar-refractivity contribution in [3.05, 3.63) is 96.7 Å². The molecule has 1 heterocycles. The van der Waals surface area contributed by atoms with E-state index in [2.05, 4.69) is 10.4 Å². The first-order valence-corrected chi connectivity index (χ1v) is 9.36. The first-order valence-electron chi connectivity index (χ1n) is 9.36. The zero-order valence-electron chi connectivity index (χ0n) is 16.0. The normalized spacial score (nSPS) is 10.2. The molecule has 0 aliphatic carbocycles. The Bertz CT molecular complexity index is 1180. The smallest absolute Gasteiger partial charge is 0.259 e. The molecule has 4 aromatic rings. The van der Waals surface area contributed by atoms with Crippen LogP contribution < -0.4 is 10.1 Å². The molecule has 0 spiro atoms. The van der Waals surface area contributed by atoms with E-state index in [0.717, 1.165) is 11.3 Å². The highest BCUT2D eigenvalue weighted by Crippen LogP contribution is 2.25. The van der Waals surface area contributed by atoms with Gasteiger partial charge in [-0.25, -0.2) is 4.68 Å². The van der Waals surface area contributed by atoms with Crippen molar-refractivity contribution in [3.8, 4) is 28.8 Å². The Kier molecular flexibility index (Phi) is 5.54. The van der Waals surface area contributed by atoms with Gasteiger partial charge in [-0.2, -0.15) is 10.4 Å². The molecule has 0 aliphatic rings. The van der Waals surface area contributed by atoms with Gasteiger partial charge in [-0.1, -0.05) is 48.5 Å². The maximum atomic E-state index is 13.1. The minimum absolute atomic E-state index is 0.0230. The van der Waals surface area contributed by atoms with Gasteiger partial charge < -0.3 is 10.1 Å². The van der Waals surface area contributed by atoms with Gasteiger partial charge in [-0.3, -0.25) is 4.79 Å². The molecule has 1 amide bonds. The number of hydrogen-bond acceptors (Lipinski definition) is 4. The van der Waals surface area contributed by atoms with Crippen molar-refractivity contribution >= 4 is 11.6 Å². The average molecular weight is 394 g/mol. The van der Waals surface area contributed by atoms with Crippen molar-refractivity contribution in [1.82, 2.24) is 9.78 Å². The molecule has 0 aliphatic heterocycles. The molecule has 0 saturated carbocycles. The van der Waals surface area contributed by atoms with E-state index >= 15 is 0 Å². The fraction of sp³-hybridized carbons (Fsp3) is 0.0417. The Morgan fingerprint density at radius 2 is 1.63 bits per heavy atom. The van der Waals surface area contributed by atoms with Gasteiger partial charge in [0.05, 0.1) is 11.3 Å². The summed E-state index contributed by atoms with van der Waals surface area (Å²) in [5, 5.41) is 16.2. The quantitative estimate of drug-likeness (QED) is 0.514. The Morgan fingerprint density at radius 3 is 2.30 bits per heavy atom. The zero-order chi connectivity index (χ0) is 20.8. The maximum Gasteiger partial charge on any atom is 0.259 e. The van der Waals surface area contributed by atoms with Crippen molar-refractivity contribution in [2.24, 2.45) is 0 Å². The van der Waals surface area contributed by atoms with E-state index < -0.39 is 0 Å². The molecule has 0 unspecified atom stereocenters. The highest BCUT2D eigenvalue weighted by atomic mass is 16.5. The molecule has 0 radical (unpaired) electrons. The number of carbonyl (C=O) groups excluding carboxylic acids is 1. The zero-order valence-corrected chi connectivity index (χ0v) is 16.0. The predicted octanol–water partition coefficient (Wildman–Crippen LogP) is 4.69. The van der Waals surface area contributed by atoms with Crippen molar-refractivity contribution in [2.75, 3.05) is 11.9 Å². The molecule has 6 heteroatoms. The minimum atomic E-state index is -0.262. The second kappa shape index (κ2) is 8.76. The molecular formula is C24H18N4O2. The van der Waals surface area contributed by atoms with Crippen LogP contribution in [0.25, 0.3) is 16.9 Å². The van der Waals surface area contributed by atoms with Gasteiger partial charge in [0.15, 0.2) is 6.61 Å². The van der Waals surface area contributed by atoms with Gasteiger partial charge in [0.25, 0.3) is 5.91 Å². The van der Waals surface area contributed by atoms with Gasteiger partial charge in [0.2, 0.25) is 0 Å². The number of rotatable bonds is 6. The monoisotopic (exact) mass is 394 g/mol. The van der Waals surface area contributed by atoms with Crippen molar-refractivity contribution in [2.45, 2.75) is 0 Å². The molecule has 3 aromatic carbocycles. The van der Waals surface area contributed by atoms with Crippen LogP contribution in [0.2, 0.25) is 0 Å². The number of amides is 1. The second-order valence-corrected chi connectivity index (χ2v) is 6.46. The highest BCUT2D eigenvalue weighted by Gasteiger charge is 2.18. The number of benzene rings is 3. The van der Waals surface area contributed by atoms with Gasteiger partial charge in [0.1, 0.15) is 17.5 Å². The van der Waals surface area contributed by atoms with E-state index in [1.54, 1.807) is 35.1 Å². The Balaban J connectivity index is 1.64. The number of nitrogens with one attached hydrogen (secondary N) is 1. The van der Waals surface area contributed by atoms with Gasteiger partial charge >= 0.3 is 0 Å². The molecule has 0 atom stereocenters. The fourth-order valence-corrected chi connectivity index (χ4v) is 3.01. The lowest BCUT2D eigenvalue weighted by atomic mass is 10.1. The molecule has 1 aromatic heterocycles. The number of carbonyl (C=O) groups is 1. The summed E-state index contributed by atoms with van der Waals surface area (Å²) >= 11 is 0. The number of nitrogens with zero attached hydrogens (tertiary/aromatic N) is 3. The number of nitriles is 1. The standard InChI is InChI=1S/C24H18N4O2/c25-15-16-30-21-13-11-19(12-14-21)26-24(29)22-17-28(20-9-5-2-6-10-20)27-23(22)18-7-3-1-4-8-18/h1-14,17H,16H2,(H,26,29). The summed E-state index contributed by atoms with van der Waals surface area (Å²) in [7, 11) is 0. The third-order valence-electron chi connectivity index (χ3n) is 4.44. The van der Waals surface area contributed by atoms with Crippen LogP contribution in [0.5, 0.6) is 5.75 Å². The van der Waals surface area contributed by atoms with Crippen LogP contribution in [-0.2, 0) is 0 Å². The second-order valence-electron chi connectivity index (χ2n) is 6.46. The number of ether oxygens (including phenoxy) is 1. The van der Waals surface area contributed by atoms with E-state index in [1.165, 1.54) is 0 Å². The molecule has 6 nitrogen and oxygen atoms in total. The topological polar surface area (TPSA) is 79.9 Å². The van der Waals surface area contributed by atoms with Crippen LogP contribution in [0.3, 0.4) is 0 Å². The molecule has 0 fully saturated rings. The van der Waals surface area contributed by atoms with E-state index in [-0.39, 0.29) is 12.5 Å². The first-order chi connectivity index (χ1) is 14.7. The number of hydrogen-bond donors (Lipinski definition) is 1. The summed E-state index contributed by atoms with van der Waals surface area (Å²) in [5.41, 5.74) is 3.42. The van der Waals surface area contributed by atoms with Crippen LogP contribution in [0.4, 0.5) is 5.69 Å². The summed E-state index contributed by atoms with van der Waals surface area (Å²) in [6.45, 7) is -0.0230. The van der Waals surface area contributed by atoms with Crippen LogP contribution in [0, 0.1) is 11.3 Å². The van der Waals surface area contributed by atoms with E-state index in [1.807, 2.05) is 66.7 Å². The largest absolute Gasteiger partial charge is 0.479 e. The van der Waals surface area contributed by atoms with Gasteiger partial charge in [-0.15, -0.1) is 0 Å². The molecule has 1 N–H and O–H groups in total. The summed E-state index contributed by atoms with van der Waals surface area (Å²) < 4.78 is 6.95. The van der Waals surface area contributed by atoms with Crippen molar-refractivity contribution in [3.63, 3.8) is 0 Å². The van der Waals surface area contributed by atoms with Crippen LogP contribution in [-0.4, -0.2) is 22.3 Å². The van der Waals surface area contributed by atoms with E-state index in [0.29, 0.717) is 22.7 Å². The number of anilines is 1.